The van der Waals surface area contributed by atoms with E-state index in [9.17, 15) is 19.7 Å². The van der Waals surface area contributed by atoms with E-state index in [1.807, 2.05) is 0 Å². The van der Waals surface area contributed by atoms with Gasteiger partial charge in [0, 0.05) is 22.9 Å². The number of nitrogens with zero attached hydrogens (tertiary/aromatic N) is 1. The van der Waals surface area contributed by atoms with Gasteiger partial charge in [-0.15, -0.1) is 0 Å². The van der Waals surface area contributed by atoms with E-state index in [0.29, 0.717) is 22.7 Å². The maximum Gasteiger partial charge on any atom is 0.293 e. The Kier molecular flexibility index (Phi) is 4.89. The lowest BCUT2D eigenvalue weighted by molar-refractivity contribution is -0.383. The molecule has 0 saturated heterocycles. The van der Waals surface area contributed by atoms with Gasteiger partial charge in [0.15, 0.2) is 11.9 Å². The number of carbonyl (C=O) groups is 2. The van der Waals surface area contributed by atoms with Gasteiger partial charge in [-0.2, -0.15) is 0 Å². The van der Waals surface area contributed by atoms with Crippen LogP contribution in [0.3, 0.4) is 0 Å². The lowest BCUT2D eigenvalue weighted by Crippen LogP contribution is -2.34. The highest BCUT2D eigenvalue weighted by molar-refractivity contribution is 6.09. The minimum absolute atomic E-state index is 0.221. The van der Waals surface area contributed by atoms with Crippen molar-refractivity contribution < 1.29 is 19.2 Å². The molecule has 1 atom stereocenters. The number of fused-ring (bicyclic) bond motifs is 1. The largest absolute Gasteiger partial charge is 0.479 e. The fourth-order valence-corrected chi connectivity index (χ4v) is 3.13. The van der Waals surface area contributed by atoms with Crippen molar-refractivity contribution in [3.63, 3.8) is 0 Å². The van der Waals surface area contributed by atoms with Crippen molar-refractivity contribution in [2.75, 3.05) is 10.6 Å². The first-order valence-corrected chi connectivity index (χ1v) is 9.19. The molecule has 0 spiro atoms. The molecule has 1 amide bonds. The third-order valence-corrected chi connectivity index (χ3v) is 4.68. The van der Waals surface area contributed by atoms with Gasteiger partial charge in [-0.25, -0.2) is 0 Å². The smallest absolute Gasteiger partial charge is 0.293 e. The van der Waals surface area contributed by atoms with Crippen molar-refractivity contribution in [3.8, 4) is 5.75 Å². The molecule has 0 aliphatic carbocycles. The molecule has 8 nitrogen and oxygen atoms in total. The third kappa shape index (κ3) is 3.70. The second-order valence-electron chi connectivity index (χ2n) is 6.77. The number of ketones is 1. The first kappa shape index (κ1) is 19.1. The van der Waals surface area contributed by atoms with Crippen molar-refractivity contribution >= 4 is 34.4 Å². The highest BCUT2D eigenvalue weighted by atomic mass is 16.6. The summed E-state index contributed by atoms with van der Waals surface area (Å²) in [5.41, 5.74) is 1.66. The van der Waals surface area contributed by atoms with E-state index in [-0.39, 0.29) is 28.6 Å². The summed E-state index contributed by atoms with van der Waals surface area (Å²) in [7, 11) is 0. The van der Waals surface area contributed by atoms with Crippen LogP contribution in [0.4, 0.5) is 22.7 Å². The van der Waals surface area contributed by atoms with Gasteiger partial charge in [0.1, 0.15) is 11.4 Å². The fraction of sp³-hybridized carbons (Fsp3) is 0.0909. The van der Waals surface area contributed by atoms with Gasteiger partial charge in [-0.3, -0.25) is 19.7 Å². The lowest BCUT2D eigenvalue weighted by Gasteiger charge is -2.23. The molecule has 0 radical (unpaired) electrons. The Balaban J connectivity index is 1.63. The van der Waals surface area contributed by atoms with Crippen LogP contribution in [0, 0.1) is 10.1 Å². The molecule has 0 bridgehead atoms. The molecular weight excluding hydrogens is 386 g/mol. The summed E-state index contributed by atoms with van der Waals surface area (Å²) >= 11 is 0. The average Bonchev–Trinajstić information content (AvgIpc) is 2.75. The van der Waals surface area contributed by atoms with Gasteiger partial charge in [0.25, 0.3) is 11.6 Å². The zero-order valence-electron chi connectivity index (χ0n) is 15.9. The summed E-state index contributed by atoms with van der Waals surface area (Å²) in [5.74, 6) is -0.0478. The molecule has 4 rings (SSSR count). The van der Waals surface area contributed by atoms with Crippen molar-refractivity contribution in [3.05, 3.63) is 88.0 Å². The van der Waals surface area contributed by atoms with E-state index in [0.717, 1.165) is 0 Å². The molecule has 1 heterocycles. The maximum atomic E-state index is 12.6. The van der Waals surface area contributed by atoms with Crippen LogP contribution in [0.25, 0.3) is 0 Å². The van der Waals surface area contributed by atoms with Crippen molar-refractivity contribution in [2.45, 2.75) is 13.0 Å². The summed E-state index contributed by atoms with van der Waals surface area (Å²) in [4.78, 5) is 35.5. The summed E-state index contributed by atoms with van der Waals surface area (Å²) in [5, 5.41) is 17.3. The number of nitro groups is 1. The Bertz CT molecular complexity index is 1160. The Hall–Kier alpha value is -4.20. The zero-order valence-corrected chi connectivity index (χ0v) is 15.9. The van der Waals surface area contributed by atoms with E-state index < -0.39 is 11.0 Å². The van der Waals surface area contributed by atoms with Crippen LogP contribution >= 0.6 is 0 Å². The van der Waals surface area contributed by atoms with Gasteiger partial charge in [-0.1, -0.05) is 30.3 Å². The number of hydrogen-bond donors (Lipinski definition) is 2. The highest BCUT2D eigenvalue weighted by Gasteiger charge is 2.24. The van der Waals surface area contributed by atoms with Gasteiger partial charge < -0.3 is 15.4 Å². The number of amides is 1. The third-order valence-electron chi connectivity index (χ3n) is 4.68. The summed E-state index contributed by atoms with van der Waals surface area (Å²) < 4.78 is 5.51. The minimum atomic E-state index is -0.591. The van der Waals surface area contributed by atoms with E-state index in [1.165, 1.54) is 18.2 Å². The monoisotopic (exact) mass is 403 g/mol. The normalized spacial score (nSPS) is 14.8. The molecule has 0 unspecified atom stereocenters. The van der Waals surface area contributed by atoms with Crippen LogP contribution in [0.2, 0.25) is 0 Å². The maximum absolute atomic E-state index is 12.6. The summed E-state index contributed by atoms with van der Waals surface area (Å²) in [6.45, 7) is 1.64. The fourth-order valence-electron chi connectivity index (χ4n) is 3.13. The molecule has 0 aromatic heterocycles. The van der Waals surface area contributed by atoms with Crippen molar-refractivity contribution in [2.24, 2.45) is 0 Å². The molecule has 3 aromatic carbocycles. The molecule has 3 aromatic rings. The number of nitrogens with one attached hydrogen (secondary N) is 2. The highest BCUT2D eigenvalue weighted by Crippen LogP contribution is 2.35. The van der Waals surface area contributed by atoms with Gasteiger partial charge in [0.2, 0.25) is 0 Å². The van der Waals surface area contributed by atoms with E-state index >= 15 is 0 Å². The minimum Gasteiger partial charge on any atom is -0.479 e. The van der Waals surface area contributed by atoms with E-state index in [4.69, 9.17) is 4.74 Å². The zero-order chi connectivity index (χ0) is 21.3. The Morgan fingerprint density at radius 1 is 1.07 bits per heavy atom. The first-order chi connectivity index (χ1) is 14.4. The second kappa shape index (κ2) is 7.67. The molecule has 2 N–H and O–H groups in total. The Morgan fingerprint density at radius 3 is 2.57 bits per heavy atom. The molecule has 8 heteroatoms. The van der Waals surface area contributed by atoms with Crippen LogP contribution in [0.5, 0.6) is 5.75 Å². The SMILES string of the molecule is C[C@H]1Oc2ccc(Nc3ccc(C(=O)c4ccccc4)cc3[N+](=O)[O-])cc2NC1=O. The summed E-state index contributed by atoms with van der Waals surface area (Å²) in [6, 6.07) is 17.8. The number of anilines is 3. The van der Waals surface area contributed by atoms with Gasteiger partial charge in [0.05, 0.1) is 10.6 Å². The standard InChI is InChI=1S/C22H17N3O5/c1-13-22(27)24-18-12-16(8-10-20(18)30-13)23-17-9-7-15(11-19(17)25(28)29)21(26)14-5-3-2-4-6-14/h2-13,23H,1H3,(H,24,27)/t13-/m1/s1. The number of benzene rings is 3. The molecule has 0 saturated carbocycles. The predicted molar refractivity (Wildman–Crippen MR) is 111 cm³/mol. The molecule has 0 fully saturated rings. The number of carbonyl (C=O) groups excluding carboxylic acids is 2. The van der Waals surface area contributed by atoms with Crippen molar-refractivity contribution in [1.82, 2.24) is 0 Å². The summed E-state index contributed by atoms with van der Waals surface area (Å²) in [6.07, 6.45) is -0.591. The molecular formula is C22H17N3O5. The number of hydrogen-bond acceptors (Lipinski definition) is 6. The Morgan fingerprint density at radius 2 is 1.83 bits per heavy atom. The number of rotatable bonds is 5. The number of nitro benzene ring substituents is 1. The average molecular weight is 403 g/mol. The van der Waals surface area contributed by atoms with Crippen molar-refractivity contribution in [1.29, 1.82) is 0 Å². The van der Waals surface area contributed by atoms with Crippen LogP contribution in [-0.4, -0.2) is 22.7 Å². The van der Waals surface area contributed by atoms with E-state index in [2.05, 4.69) is 10.6 Å². The van der Waals surface area contributed by atoms with Crippen LogP contribution in [-0.2, 0) is 4.79 Å². The molecule has 1 aliphatic heterocycles. The van der Waals surface area contributed by atoms with Crippen LogP contribution in [0.1, 0.15) is 22.8 Å². The van der Waals surface area contributed by atoms with Crippen LogP contribution < -0.4 is 15.4 Å². The Labute approximate surface area is 171 Å². The molecule has 150 valence electrons. The quantitative estimate of drug-likeness (QED) is 0.374. The molecule has 30 heavy (non-hydrogen) atoms. The van der Waals surface area contributed by atoms with Gasteiger partial charge in [-0.05, 0) is 37.3 Å². The number of ether oxygens (including phenoxy) is 1. The van der Waals surface area contributed by atoms with Gasteiger partial charge >= 0.3 is 0 Å². The topological polar surface area (TPSA) is 111 Å². The first-order valence-electron chi connectivity index (χ1n) is 9.19. The second-order valence-corrected chi connectivity index (χ2v) is 6.77. The van der Waals surface area contributed by atoms with E-state index in [1.54, 1.807) is 55.5 Å². The lowest BCUT2D eigenvalue weighted by atomic mass is 10.0. The molecule has 1 aliphatic rings. The van der Waals surface area contributed by atoms with Crippen LogP contribution in [0.15, 0.2) is 66.7 Å². The predicted octanol–water partition coefficient (Wildman–Crippen LogP) is 4.29.